The van der Waals surface area contributed by atoms with Gasteiger partial charge in [-0.05, 0) is 24.6 Å². The van der Waals surface area contributed by atoms with Gasteiger partial charge in [-0.3, -0.25) is 4.68 Å². The minimum atomic E-state index is -0.871. The molecule has 3 aromatic heterocycles. The quantitative estimate of drug-likeness (QED) is 0.784. The number of aliphatic hydroxyl groups excluding tert-OH is 1. The molecule has 0 aliphatic carbocycles. The van der Waals surface area contributed by atoms with Crippen LogP contribution in [0.15, 0.2) is 41.4 Å². The van der Waals surface area contributed by atoms with E-state index in [0.717, 1.165) is 11.3 Å². The molecule has 3 aromatic rings. The van der Waals surface area contributed by atoms with Gasteiger partial charge in [-0.25, -0.2) is 4.98 Å². The lowest BCUT2D eigenvalue weighted by atomic mass is 10.2. The van der Waals surface area contributed by atoms with Gasteiger partial charge in [0.25, 0.3) is 0 Å². The van der Waals surface area contributed by atoms with Crippen molar-refractivity contribution in [3.8, 4) is 0 Å². The van der Waals surface area contributed by atoms with Gasteiger partial charge in [-0.2, -0.15) is 5.10 Å². The van der Waals surface area contributed by atoms with Crippen LogP contribution in [0.25, 0.3) is 0 Å². The minimum absolute atomic E-state index is 0.482. The highest BCUT2D eigenvalue weighted by molar-refractivity contribution is 5.18. The molecule has 1 N–H and O–H groups in total. The number of rotatable bonds is 4. The predicted molar refractivity (Wildman–Crippen MR) is 72.0 cm³/mol. The van der Waals surface area contributed by atoms with E-state index in [0.29, 0.717) is 18.1 Å². The fraction of sp³-hybridized carbons (Fsp3) is 0.286. The number of imidazole rings is 1. The summed E-state index contributed by atoms with van der Waals surface area (Å²) < 4.78 is 8.89. The second-order valence-electron chi connectivity index (χ2n) is 4.76. The molecule has 0 bridgehead atoms. The summed E-state index contributed by atoms with van der Waals surface area (Å²) in [4.78, 5) is 4.22. The van der Waals surface area contributed by atoms with Crippen LogP contribution in [-0.4, -0.2) is 24.4 Å². The number of furan rings is 1. The van der Waals surface area contributed by atoms with Crippen LogP contribution in [0.5, 0.6) is 0 Å². The molecular weight excluding hydrogens is 256 g/mol. The number of hydrogen-bond acceptors (Lipinski definition) is 4. The van der Waals surface area contributed by atoms with Gasteiger partial charge in [0.2, 0.25) is 0 Å². The van der Waals surface area contributed by atoms with Gasteiger partial charge in [0, 0.05) is 25.6 Å². The number of nitrogens with zero attached hydrogens (tertiary/aromatic N) is 4. The fourth-order valence-electron chi connectivity index (χ4n) is 2.25. The average Bonchev–Trinajstić information content (AvgIpc) is 3.12. The molecule has 1 unspecified atom stereocenters. The first-order chi connectivity index (χ1) is 9.65. The van der Waals surface area contributed by atoms with Gasteiger partial charge in [-0.1, -0.05) is 0 Å². The Labute approximate surface area is 116 Å². The zero-order valence-corrected chi connectivity index (χ0v) is 11.4. The molecule has 0 aliphatic rings. The first kappa shape index (κ1) is 12.7. The SMILES string of the molecule is Cc1cn(C)nc1Cn1ccnc1C(O)c1ccco1. The standard InChI is InChI=1S/C14H16N4O2/c1-10-8-17(2)16-11(10)9-18-6-5-15-14(18)13(19)12-4-3-7-20-12/h3-8,13,19H,9H2,1-2H3. The molecule has 0 aromatic carbocycles. The molecule has 6 nitrogen and oxygen atoms in total. The van der Waals surface area contributed by atoms with Gasteiger partial charge in [0.05, 0.1) is 18.5 Å². The van der Waals surface area contributed by atoms with E-state index < -0.39 is 6.10 Å². The van der Waals surface area contributed by atoms with Crippen molar-refractivity contribution >= 4 is 0 Å². The Hall–Kier alpha value is -2.34. The zero-order valence-electron chi connectivity index (χ0n) is 11.4. The molecule has 0 radical (unpaired) electrons. The molecule has 20 heavy (non-hydrogen) atoms. The van der Waals surface area contributed by atoms with Crippen LogP contribution in [0.4, 0.5) is 0 Å². The second-order valence-corrected chi connectivity index (χ2v) is 4.76. The van der Waals surface area contributed by atoms with Crippen LogP contribution >= 0.6 is 0 Å². The third-order valence-electron chi connectivity index (χ3n) is 3.24. The number of aliphatic hydroxyl groups is 1. The van der Waals surface area contributed by atoms with E-state index in [1.54, 1.807) is 23.0 Å². The number of aryl methyl sites for hydroxylation is 2. The third-order valence-corrected chi connectivity index (χ3v) is 3.24. The maximum Gasteiger partial charge on any atom is 0.169 e. The van der Waals surface area contributed by atoms with Crippen molar-refractivity contribution in [2.45, 2.75) is 19.6 Å². The van der Waals surface area contributed by atoms with Crippen molar-refractivity contribution in [3.05, 3.63) is 59.8 Å². The summed E-state index contributed by atoms with van der Waals surface area (Å²) in [5.74, 6) is 1.03. The molecule has 104 valence electrons. The van der Waals surface area contributed by atoms with Crippen LogP contribution < -0.4 is 0 Å². The van der Waals surface area contributed by atoms with Crippen LogP contribution in [0.3, 0.4) is 0 Å². The van der Waals surface area contributed by atoms with E-state index in [1.165, 1.54) is 6.26 Å². The van der Waals surface area contributed by atoms with E-state index in [1.807, 2.05) is 30.9 Å². The topological polar surface area (TPSA) is 69.0 Å². The van der Waals surface area contributed by atoms with Crippen molar-refractivity contribution in [3.63, 3.8) is 0 Å². The zero-order chi connectivity index (χ0) is 14.1. The van der Waals surface area contributed by atoms with E-state index >= 15 is 0 Å². The predicted octanol–water partition coefficient (Wildman–Crippen LogP) is 1.65. The summed E-state index contributed by atoms with van der Waals surface area (Å²) >= 11 is 0. The minimum Gasteiger partial charge on any atom is -0.466 e. The monoisotopic (exact) mass is 272 g/mol. The highest BCUT2D eigenvalue weighted by Gasteiger charge is 2.19. The largest absolute Gasteiger partial charge is 0.466 e. The van der Waals surface area contributed by atoms with Gasteiger partial charge < -0.3 is 14.1 Å². The Balaban J connectivity index is 1.89. The molecule has 0 spiro atoms. The van der Waals surface area contributed by atoms with Gasteiger partial charge in [0.15, 0.2) is 6.10 Å². The van der Waals surface area contributed by atoms with E-state index in [9.17, 15) is 5.11 Å². The van der Waals surface area contributed by atoms with Crippen molar-refractivity contribution in [1.29, 1.82) is 0 Å². The first-order valence-corrected chi connectivity index (χ1v) is 6.37. The van der Waals surface area contributed by atoms with E-state index in [2.05, 4.69) is 10.1 Å². The van der Waals surface area contributed by atoms with Crippen LogP contribution in [0.2, 0.25) is 0 Å². The van der Waals surface area contributed by atoms with Crippen molar-refractivity contribution < 1.29 is 9.52 Å². The normalized spacial score (nSPS) is 12.8. The summed E-state index contributed by atoms with van der Waals surface area (Å²) in [5.41, 5.74) is 2.07. The summed E-state index contributed by atoms with van der Waals surface area (Å²) in [6, 6.07) is 3.48. The third kappa shape index (κ3) is 2.25. The summed E-state index contributed by atoms with van der Waals surface area (Å²) in [6.45, 7) is 2.58. The number of aromatic nitrogens is 4. The highest BCUT2D eigenvalue weighted by atomic mass is 16.4. The molecule has 0 saturated heterocycles. The van der Waals surface area contributed by atoms with E-state index in [4.69, 9.17) is 4.42 Å². The van der Waals surface area contributed by atoms with Crippen molar-refractivity contribution in [2.24, 2.45) is 7.05 Å². The second kappa shape index (κ2) is 4.97. The van der Waals surface area contributed by atoms with Crippen LogP contribution in [0, 0.1) is 6.92 Å². The molecule has 3 rings (SSSR count). The Bertz CT molecular complexity index is 697. The van der Waals surface area contributed by atoms with E-state index in [-0.39, 0.29) is 0 Å². The van der Waals surface area contributed by atoms with Gasteiger partial charge >= 0.3 is 0 Å². The maximum atomic E-state index is 10.3. The molecule has 0 amide bonds. The molecule has 3 heterocycles. The van der Waals surface area contributed by atoms with Gasteiger partial charge in [-0.15, -0.1) is 0 Å². The van der Waals surface area contributed by atoms with Crippen LogP contribution in [-0.2, 0) is 13.6 Å². The Morgan fingerprint density at radius 1 is 1.45 bits per heavy atom. The Kier molecular flexibility index (Phi) is 3.15. The fourth-order valence-corrected chi connectivity index (χ4v) is 2.25. The van der Waals surface area contributed by atoms with Crippen LogP contribution in [0.1, 0.15) is 28.9 Å². The summed E-state index contributed by atoms with van der Waals surface area (Å²) in [6.07, 6.45) is 6.13. The maximum absolute atomic E-state index is 10.3. The molecular formula is C14H16N4O2. The molecule has 0 saturated carbocycles. The lowest BCUT2D eigenvalue weighted by molar-refractivity contribution is 0.176. The summed E-state index contributed by atoms with van der Waals surface area (Å²) in [7, 11) is 1.89. The Morgan fingerprint density at radius 3 is 2.95 bits per heavy atom. The van der Waals surface area contributed by atoms with Gasteiger partial charge in [0.1, 0.15) is 11.6 Å². The number of hydrogen-bond donors (Lipinski definition) is 1. The summed E-state index contributed by atoms with van der Waals surface area (Å²) in [5, 5.41) is 14.7. The highest BCUT2D eigenvalue weighted by Crippen LogP contribution is 2.21. The molecule has 1 atom stereocenters. The molecule has 0 aliphatic heterocycles. The molecule has 6 heteroatoms. The Morgan fingerprint density at radius 2 is 2.30 bits per heavy atom. The molecule has 0 fully saturated rings. The average molecular weight is 272 g/mol. The van der Waals surface area contributed by atoms with Crippen molar-refractivity contribution in [2.75, 3.05) is 0 Å². The smallest absolute Gasteiger partial charge is 0.169 e. The van der Waals surface area contributed by atoms with Crippen molar-refractivity contribution in [1.82, 2.24) is 19.3 Å². The first-order valence-electron chi connectivity index (χ1n) is 6.37. The lowest BCUT2D eigenvalue weighted by Crippen LogP contribution is -2.11. The lowest BCUT2D eigenvalue weighted by Gasteiger charge is -2.10.